The lowest BCUT2D eigenvalue weighted by Gasteiger charge is -2.16. The minimum absolute atomic E-state index is 0.302. The number of hydrogen-bond donors (Lipinski definition) is 0. The topological polar surface area (TPSA) is 60.6 Å². The van der Waals surface area contributed by atoms with Crippen molar-refractivity contribution in [3.8, 4) is 22.9 Å². The van der Waals surface area contributed by atoms with Gasteiger partial charge in [0.15, 0.2) is 11.5 Å². The van der Waals surface area contributed by atoms with Gasteiger partial charge in [-0.15, -0.1) is 0 Å². The lowest BCUT2D eigenvalue weighted by atomic mass is 10.2. The van der Waals surface area contributed by atoms with Crippen LogP contribution in [0.3, 0.4) is 0 Å². The molecule has 1 aromatic heterocycles. The number of methoxy groups -OCH3 is 1. The second kappa shape index (κ2) is 10.1. The molecule has 3 aromatic carbocycles. The van der Waals surface area contributed by atoms with Crippen molar-refractivity contribution in [3.63, 3.8) is 0 Å². The van der Waals surface area contributed by atoms with Crippen LogP contribution in [-0.2, 0) is 19.7 Å². The molecule has 0 aliphatic carbocycles. The first-order valence-corrected chi connectivity index (χ1v) is 10.2. The Labute approximate surface area is 186 Å². The summed E-state index contributed by atoms with van der Waals surface area (Å²) >= 11 is 0. The zero-order chi connectivity index (χ0) is 22.3. The predicted molar refractivity (Wildman–Crippen MR) is 119 cm³/mol. The minimum atomic E-state index is -0.302. The Bertz CT molecular complexity index is 1150. The van der Waals surface area contributed by atoms with Crippen LogP contribution in [0.1, 0.15) is 17.0 Å². The van der Waals surface area contributed by atoms with Crippen molar-refractivity contribution in [3.05, 3.63) is 95.6 Å². The van der Waals surface area contributed by atoms with Gasteiger partial charge >= 0.3 is 0 Å². The van der Waals surface area contributed by atoms with E-state index in [0.717, 1.165) is 11.1 Å². The van der Waals surface area contributed by atoms with E-state index in [-0.39, 0.29) is 5.82 Å². The summed E-state index contributed by atoms with van der Waals surface area (Å²) in [5.74, 6) is 2.01. The van der Waals surface area contributed by atoms with Crippen molar-refractivity contribution in [1.29, 1.82) is 0 Å². The molecule has 0 unspecified atom stereocenters. The Morgan fingerprint density at radius 1 is 0.906 bits per heavy atom. The molecule has 6 nitrogen and oxygen atoms in total. The van der Waals surface area contributed by atoms with Crippen LogP contribution < -0.4 is 9.47 Å². The SMILES string of the molecule is COc1cc(CN(C)Cc2nc(-c3ccc(F)cc3)no2)ccc1OCc1ccccc1. The van der Waals surface area contributed by atoms with Crippen molar-refractivity contribution in [2.45, 2.75) is 19.7 Å². The van der Waals surface area contributed by atoms with Gasteiger partial charge in [-0.05, 0) is 54.6 Å². The summed E-state index contributed by atoms with van der Waals surface area (Å²) in [6.07, 6.45) is 0. The van der Waals surface area contributed by atoms with Gasteiger partial charge in [0, 0.05) is 12.1 Å². The number of benzene rings is 3. The standard InChI is InChI=1S/C25H24FN3O3/c1-29(16-24-27-25(28-32-24)20-9-11-21(26)12-10-20)15-19-8-13-22(23(14-19)30-2)31-17-18-6-4-3-5-7-18/h3-14H,15-17H2,1-2H3. The molecule has 0 spiro atoms. The van der Waals surface area contributed by atoms with Crippen LogP contribution in [0.5, 0.6) is 11.5 Å². The van der Waals surface area contributed by atoms with Crippen LogP contribution in [0.2, 0.25) is 0 Å². The van der Waals surface area contributed by atoms with Crippen molar-refractivity contribution in [1.82, 2.24) is 15.0 Å². The molecular weight excluding hydrogens is 409 g/mol. The summed E-state index contributed by atoms with van der Waals surface area (Å²) in [5, 5.41) is 3.99. The average molecular weight is 433 g/mol. The summed E-state index contributed by atoms with van der Waals surface area (Å²) in [5.41, 5.74) is 2.87. The molecule has 0 fully saturated rings. The van der Waals surface area contributed by atoms with Gasteiger partial charge in [-0.3, -0.25) is 4.90 Å². The quantitative estimate of drug-likeness (QED) is 0.366. The van der Waals surface area contributed by atoms with Crippen molar-refractivity contribution in [2.24, 2.45) is 0 Å². The van der Waals surface area contributed by atoms with E-state index in [4.69, 9.17) is 14.0 Å². The summed E-state index contributed by atoms with van der Waals surface area (Å²) in [4.78, 5) is 6.46. The normalized spacial score (nSPS) is 11.0. The molecule has 7 heteroatoms. The summed E-state index contributed by atoms with van der Waals surface area (Å²) in [6, 6.07) is 21.9. The third kappa shape index (κ3) is 5.50. The van der Waals surface area contributed by atoms with Crippen molar-refractivity contribution < 1.29 is 18.4 Å². The fourth-order valence-electron chi connectivity index (χ4n) is 3.30. The lowest BCUT2D eigenvalue weighted by molar-refractivity contribution is 0.259. The molecule has 0 saturated carbocycles. The molecular formula is C25H24FN3O3. The molecule has 32 heavy (non-hydrogen) atoms. The Morgan fingerprint density at radius 3 is 2.44 bits per heavy atom. The van der Waals surface area contributed by atoms with Gasteiger partial charge in [-0.25, -0.2) is 4.39 Å². The van der Waals surface area contributed by atoms with Crippen LogP contribution in [0.15, 0.2) is 77.3 Å². The fourth-order valence-corrected chi connectivity index (χ4v) is 3.30. The first-order chi connectivity index (χ1) is 15.6. The summed E-state index contributed by atoms with van der Waals surface area (Å²) in [7, 11) is 3.60. The maximum atomic E-state index is 13.1. The van der Waals surface area contributed by atoms with Crippen LogP contribution in [0.25, 0.3) is 11.4 Å². The predicted octanol–water partition coefficient (Wildman–Crippen LogP) is 5.10. The zero-order valence-corrected chi connectivity index (χ0v) is 18.0. The molecule has 0 saturated heterocycles. The number of aromatic nitrogens is 2. The second-order valence-electron chi connectivity index (χ2n) is 7.45. The van der Waals surface area contributed by atoms with Crippen LogP contribution in [0.4, 0.5) is 4.39 Å². The fraction of sp³-hybridized carbons (Fsp3) is 0.200. The Morgan fingerprint density at radius 2 is 1.69 bits per heavy atom. The summed E-state index contributed by atoms with van der Waals surface area (Å²) < 4.78 is 29.9. The number of hydrogen-bond acceptors (Lipinski definition) is 6. The van der Waals surface area contributed by atoms with Gasteiger partial charge in [-0.1, -0.05) is 41.6 Å². The average Bonchev–Trinajstić information content (AvgIpc) is 3.27. The van der Waals surface area contributed by atoms with Gasteiger partial charge in [-0.2, -0.15) is 4.98 Å². The van der Waals surface area contributed by atoms with E-state index in [9.17, 15) is 4.39 Å². The third-order valence-electron chi connectivity index (χ3n) is 4.89. The van der Waals surface area contributed by atoms with Crippen molar-refractivity contribution in [2.75, 3.05) is 14.2 Å². The monoisotopic (exact) mass is 433 g/mol. The maximum absolute atomic E-state index is 13.1. The Hall–Kier alpha value is -3.71. The zero-order valence-electron chi connectivity index (χ0n) is 18.0. The van der Waals surface area contributed by atoms with E-state index in [1.807, 2.05) is 55.6 Å². The second-order valence-corrected chi connectivity index (χ2v) is 7.45. The molecule has 0 bridgehead atoms. The highest BCUT2D eigenvalue weighted by Crippen LogP contribution is 2.29. The highest BCUT2D eigenvalue weighted by Gasteiger charge is 2.13. The molecule has 4 rings (SSSR count). The Kier molecular flexibility index (Phi) is 6.77. The third-order valence-corrected chi connectivity index (χ3v) is 4.89. The molecule has 4 aromatic rings. The van der Waals surface area contributed by atoms with Crippen molar-refractivity contribution >= 4 is 0 Å². The van der Waals surface area contributed by atoms with E-state index in [1.54, 1.807) is 19.2 Å². The maximum Gasteiger partial charge on any atom is 0.241 e. The molecule has 0 aliphatic rings. The number of nitrogens with zero attached hydrogens (tertiary/aromatic N) is 3. The molecule has 0 amide bonds. The van der Waals surface area contributed by atoms with Gasteiger partial charge in [0.25, 0.3) is 0 Å². The van der Waals surface area contributed by atoms with Gasteiger partial charge in [0.2, 0.25) is 11.7 Å². The first-order valence-electron chi connectivity index (χ1n) is 10.2. The van der Waals surface area contributed by atoms with Gasteiger partial charge < -0.3 is 14.0 Å². The molecule has 0 radical (unpaired) electrons. The van der Waals surface area contributed by atoms with E-state index in [2.05, 4.69) is 15.0 Å². The lowest BCUT2D eigenvalue weighted by Crippen LogP contribution is -2.17. The first kappa shape index (κ1) is 21.5. The minimum Gasteiger partial charge on any atom is -0.493 e. The number of ether oxygens (including phenoxy) is 2. The summed E-state index contributed by atoms with van der Waals surface area (Å²) in [6.45, 7) is 1.61. The van der Waals surface area contributed by atoms with E-state index in [0.29, 0.717) is 48.5 Å². The van der Waals surface area contributed by atoms with Crippen LogP contribution in [-0.4, -0.2) is 29.2 Å². The van der Waals surface area contributed by atoms with Gasteiger partial charge in [0.1, 0.15) is 12.4 Å². The number of rotatable bonds is 9. The largest absolute Gasteiger partial charge is 0.493 e. The van der Waals surface area contributed by atoms with E-state index >= 15 is 0 Å². The highest BCUT2D eigenvalue weighted by molar-refractivity contribution is 5.53. The molecule has 0 N–H and O–H groups in total. The number of halogens is 1. The highest BCUT2D eigenvalue weighted by atomic mass is 19.1. The molecule has 164 valence electrons. The molecule has 0 atom stereocenters. The smallest absolute Gasteiger partial charge is 0.241 e. The Balaban J connectivity index is 1.36. The molecule has 0 aliphatic heterocycles. The molecule has 1 heterocycles. The van der Waals surface area contributed by atoms with E-state index in [1.165, 1.54) is 12.1 Å². The van der Waals surface area contributed by atoms with E-state index < -0.39 is 0 Å². The van der Waals surface area contributed by atoms with Crippen LogP contribution in [0, 0.1) is 5.82 Å². The van der Waals surface area contributed by atoms with Gasteiger partial charge in [0.05, 0.1) is 13.7 Å². The van der Waals surface area contributed by atoms with Crippen LogP contribution >= 0.6 is 0 Å².